The van der Waals surface area contributed by atoms with Crippen LogP contribution in [0.15, 0.2) is 4.99 Å². The average molecular weight is 208 g/mol. The van der Waals surface area contributed by atoms with Crippen LogP contribution in [-0.2, 0) is 30.1 Å². The maximum absolute atomic E-state index is 9.75. The van der Waals surface area contributed by atoms with E-state index in [9.17, 15) is 4.79 Å². The van der Waals surface area contributed by atoms with Crippen molar-refractivity contribution in [1.29, 1.82) is 0 Å². The minimum atomic E-state index is -1.80. The third-order valence-corrected chi connectivity index (χ3v) is 4.00. The second-order valence-corrected chi connectivity index (χ2v) is 4.81. The molecule has 0 spiro atoms. The molecule has 0 bridgehead atoms. The number of rotatable bonds is 7. The molecular weight excluding hydrogens is 194 g/mol. The molecule has 0 aromatic carbocycles. The van der Waals surface area contributed by atoms with Crippen LogP contribution in [0.5, 0.6) is 0 Å². The standard InChI is InChI=1S/C3H4NO.2C2H5O.Ti/c1-2-4-3-5;2*1-2-3;/h1-2H2;2*2H2,1H3;/q;2*-1;+2. The Morgan fingerprint density at radius 3 is 2.33 bits per heavy atom. The maximum atomic E-state index is 9.75. The van der Waals surface area contributed by atoms with E-state index in [1.807, 2.05) is 13.8 Å². The van der Waals surface area contributed by atoms with Crippen molar-refractivity contribution in [2.24, 2.45) is 4.99 Å². The van der Waals surface area contributed by atoms with E-state index in [-0.39, 0.29) is 0 Å². The van der Waals surface area contributed by atoms with E-state index < -0.39 is 18.6 Å². The molecule has 0 atom stereocenters. The van der Waals surface area contributed by atoms with Gasteiger partial charge in [-0.2, -0.15) is 0 Å². The third-order valence-electron chi connectivity index (χ3n) is 1.10. The zero-order chi connectivity index (χ0) is 9.23. The average Bonchev–Trinajstić information content (AvgIpc) is 2.06. The van der Waals surface area contributed by atoms with E-state index in [0.29, 0.717) is 19.8 Å². The normalized spacial score (nSPS) is 9.17. The Labute approximate surface area is 79.7 Å². The first-order valence-corrected chi connectivity index (χ1v) is 6.38. The molecule has 0 saturated heterocycles. The molecule has 0 aromatic heterocycles. The van der Waals surface area contributed by atoms with Gasteiger partial charge in [0, 0.05) is 0 Å². The summed E-state index contributed by atoms with van der Waals surface area (Å²) in [6.45, 7) is 5.73. The van der Waals surface area contributed by atoms with Crippen molar-refractivity contribution >= 4 is 6.08 Å². The van der Waals surface area contributed by atoms with E-state index in [4.69, 9.17) is 6.64 Å². The molecule has 4 nitrogen and oxygen atoms in total. The number of aliphatic imine (C=N–C) groups is 1. The van der Waals surface area contributed by atoms with Gasteiger partial charge < -0.3 is 0 Å². The fourth-order valence-corrected chi connectivity index (χ4v) is 2.75. The van der Waals surface area contributed by atoms with Gasteiger partial charge in [0.2, 0.25) is 0 Å². The van der Waals surface area contributed by atoms with E-state index >= 15 is 0 Å². The van der Waals surface area contributed by atoms with Crippen molar-refractivity contribution in [2.45, 2.75) is 18.6 Å². The molecule has 0 rings (SSSR count). The molecular formula is C7H14NO3Ti. The quantitative estimate of drug-likeness (QED) is 0.359. The Kier molecular flexibility index (Phi) is 9.12. The Balaban J connectivity index is 3.54. The Morgan fingerprint density at radius 1 is 1.33 bits per heavy atom. The Hall–Kier alpha value is 0.0143. The summed E-state index contributed by atoms with van der Waals surface area (Å²) in [5.74, 6) is 0. The van der Waals surface area contributed by atoms with Crippen LogP contribution in [0.25, 0.3) is 0 Å². The molecule has 0 amide bonds. The number of nitrogens with zero attached hydrogens (tertiary/aromatic N) is 1. The molecule has 0 unspecified atom stereocenters. The van der Waals surface area contributed by atoms with Gasteiger partial charge in [-0.3, -0.25) is 0 Å². The van der Waals surface area contributed by atoms with Gasteiger partial charge in [0.05, 0.1) is 0 Å². The van der Waals surface area contributed by atoms with Crippen molar-refractivity contribution in [3.05, 3.63) is 0 Å². The van der Waals surface area contributed by atoms with Gasteiger partial charge in [-0.1, -0.05) is 0 Å². The monoisotopic (exact) mass is 208 g/mol. The predicted molar refractivity (Wildman–Crippen MR) is 41.0 cm³/mol. The van der Waals surface area contributed by atoms with Gasteiger partial charge >= 0.3 is 79.5 Å². The third kappa shape index (κ3) is 6.71. The van der Waals surface area contributed by atoms with Gasteiger partial charge in [0.1, 0.15) is 0 Å². The molecule has 0 radical (unpaired) electrons. The summed E-state index contributed by atoms with van der Waals surface area (Å²) in [6.07, 6.45) is 1.50. The second-order valence-electron chi connectivity index (χ2n) is 1.96. The summed E-state index contributed by atoms with van der Waals surface area (Å²) >= 11 is -1.80. The fraction of sp³-hybridized carbons (Fsp3) is 0.857. The first-order chi connectivity index (χ1) is 5.85. The van der Waals surface area contributed by atoms with Crippen LogP contribution in [0.1, 0.15) is 13.8 Å². The topological polar surface area (TPSA) is 47.9 Å². The molecule has 0 aliphatic heterocycles. The van der Waals surface area contributed by atoms with Crippen LogP contribution in [0, 0.1) is 0 Å². The minimum absolute atomic E-state index is 0.485. The van der Waals surface area contributed by atoms with Crippen molar-refractivity contribution in [2.75, 3.05) is 19.8 Å². The van der Waals surface area contributed by atoms with Crippen molar-refractivity contribution < 1.29 is 30.1 Å². The summed E-state index contributed by atoms with van der Waals surface area (Å²) in [5.41, 5.74) is 0. The first-order valence-electron chi connectivity index (χ1n) is 4.00. The molecule has 0 heterocycles. The zero-order valence-electron chi connectivity index (χ0n) is 7.50. The Morgan fingerprint density at radius 2 is 1.92 bits per heavy atom. The van der Waals surface area contributed by atoms with Crippen molar-refractivity contribution in [3.63, 3.8) is 0 Å². The summed E-state index contributed by atoms with van der Waals surface area (Å²) in [5, 5.41) is 0. The fourth-order valence-electron chi connectivity index (χ4n) is 0.701. The number of hydrogen-bond donors (Lipinski definition) is 0. The molecule has 12 heavy (non-hydrogen) atoms. The molecule has 0 aliphatic rings. The number of isocyanates is 1. The molecule has 0 aliphatic carbocycles. The van der Waals surface area contributed by atoms with Gasteiger partial charge in [-0.05, 0) is 0 Å². The van der Waals surface area contributed by atoms with Crippen LogP contribution < -0.4 is 0 Å². The van der Waals surface area contributed by atoms with Crippen molar-refractivity contribution in [1.82, 2.24) is 0 Å². The molecule has 69 valence electrons. The summed E-state index contributed by atoms with van der Waals surface area (Å²) in [7, 11) is 0. The SMILES string of the molecule is CC[O][Ti]([CH2]CN=C=O)[O]CC. The Bertz CT molecular complexity index is 142. The summed E-state index contributed by atoms with van der Waals surface area (Å²) < 4.78 is 11.5. The van der Waals surface area contributed by atoms with Crippen LogP contribution in [0.2, 0.25) is 4.73 Å². The molecule has 0 saturated carbocycles. The van der Waals surface area contributed by atoms with E-state index in [1.165, 1.54) is 6.08 Å². The molecule has 0 N–H and O–H groups in total. The first kappa shape index (κ1) is 12.0. The number of hydrogen-bond acceptors (Lipinski definition) is 4. The van der Waals surface area contributed by atoms with Crippen LogP contribution in [-0.4, -0.2) is 25.8 Å². The summed E-state index contributed by atoms with van der Waals surface area (Å²) in [4.78, 5) is 13.2. The van der Waals surface area contributed by atoms with Crippen molar-refractivity contribution in [3.8, 4) is 0 Å². The van der Waals surface area contributed by atoms with Gasteiger partial charge in [-0.25, -0.2) is 0 Å². The van der Waals surface area contributed by atoms with Crippen LogP contribution in [0.4, 0.5) is 0 Å². The van der Waals surface area contributed by atoms with E-state index in [1.54, 1.807) is 0 Å². The van der Waals surface area contributed by atoms with Gasteiger partial charge in [-0.15, -0.1) is 0 Å². The van der Waals surface area contributed by atoms with Crippen LogP contribution >= 0.6 is 0 Å². The zero-order valence-corrected chi connectivity index (χ0v) is 9.06. The molecule has 0 aromatic rings. The molecule has 0 fully saturated rings. The molecule has 5 heteroatoms. The van der Waals surface area contributed by atoms with Gasteiger partial charge in [0.25, 0.3) is 0 Å². The van der Waals surface area contributed by atoms with Crippen LogP contribution in [0.3, 0.4) is 0 Å². The van der Waals surface area contributed by atoms with Gasteiger partial charge in [0.15, 0.2) is 0 Å². The summed E-state index contributed by atoms with van der Waals surface area (Å²) in [6, 6.07) is 0. The number of carbonyl (C=O) groups excluding carboxylic acids is 1. The van der Waals surface area contributed by atoms with E-state index in [2.05, 4.69) is 4.99 Å². The predicted octanol–water partition coefficient (Wildman–Crippen LogP) is 1.26. The van der Waals surface area contributed by atoms with E-state index in [0.717, 1.165) is 4.73 Å². The second kappa shape index (κ2) is 9.11.